The van der Waals surface area contributed by atoms with E-state index in [1.54, 1.807) is 0 Å². The summed E-state index contributed by atoms with van der Waals surface area (Å²) >= 11 is 0. The lowest BCUT2D eigenvalue weighted by Crippen LogP contribution is -2.44. The fourth-order valence-corrected chi connectivity index (χ4v) is 4.39. The van der Waals surface area contributed by atoms with Crippen molar-refractivity contribution in [2.75, 3.05) is 14.2 Å². The van der Waals surface area contributed by atoms with Gasteiger partial charge in [-0.25, -0.2) is 9.59 Å². The monoisotopic (exact) mass is 686 g/mol. The number of nitrogens with one attached hydrogen (secondary N) is 2. The Bertz CT molecular complexity index is 1470. The third-order valence-electron chi connectivity index (χ3n) is 6.36. The van der Waals surface area contributed by atoms with Crippen LogP contribution in [0.4, 0.5) is 0 Å². The number of ether oxygens (including phenoxy) is 6. The first-order valence-electron chi connectivity index (χ1n) is 14.9. The quantitative estimate of drug-likeness (QED) is 0.190. The molecule has 264 valence electrons. The third kappa shape index (κ3) is 13.8. The number of esters is 6. The lowest BCUT2D eigenvalue weighted by Gasteiger charge is -2.18. The maximum Gasteiger partial charge on any atom is 0.328 e. The fraction of sp³-hybridized carbons (Fsp3) is 0.394. The van der Waals surface area contributed by atoms with Crippen LogP contribution in [0.5, 0.6) is 23.0 Å². The van der Waals surface area contributed by atoms with Gasteiger partial charge in [0.25, 0.3) is 0 Å². The molecule has 49 heavy (non-hydrogen) atoms. The molecule has 16 nitrogen and oxygen atoms in total. The van der Waals surface area contributed by atoms with E-state index in [9.17, 15) is 38.4 Å². The van der Waals surface area contributed by atoms with E-state index in [4.69, 9.17) is 28.4 Å². The van der Waals surface area contributed by atoms with Gasteiger partial charge in [0.2, 0.25) is 11.8 Å². The summed E-state index contributed by atoms with van der Waals surface area (Å²) in [6.45, 7) is 4.67. The number of amides is 2. The molecule has 0 saturated carbocycles. The highest BCUT2D eigenvalue weighted by atomic mass is 16.6. The van der Waals surface area contributed by atoms with Crippen LogP contribution in [0.15, 0.2) is 36.4 Å². The molecule has 0 aliphatic carbocycles. The molecule has 0 aliphatic rings. The number of hydrogen-bond acceptors (Lipinski definition) is 14. The van der Waals surface area contributed by atoms with E-state index in [2.05, 4.69) is 10.6 Å². The zero-order valence-electron chi connectivity index (χ0n) is 27.9. The first kappa shape index (κ1) is 39.4. The van der Waals surface area contributed by atoms with Gasteiger partial charge in [0.15, 0.2) is 23.0 Å². The van der Waals surface area contributed by atoms with Crippen molar-refractivity contribution in [3.05, 3.63) is 47.5 Å². The summed E-state index contributed by atoms with van der Waals surface area (Å²) in [4.78, 5) is 96.3. The van der Waals surface area contributed by atoms with Crippen molar-refractivity contribution < 1.29 is 66.8 Å². The van der Waals surface area contributed by atoms with Gasteiger partial charge in [-0.15, -0.1) is 0 Å². The topological polar surface area (TPSA) is 216 Å². The van der Waals surface area contributed by atoms with E-state index in [-0.39, 0.29) is 55.1 Å². The predicted molar refractivity (Wildman–Crippen MR) is 167 cm³/mol. The fourth-order valence-electron chi connectivity index (χ4n) is 4.39. The Labute approximate surface area is 281 Å². The standard InChI is InChI=1S/C33H38N2O14/c1-18(36)46-26-12-10-22(16-28(26)48-20(3)38)14-24(32(42)44-5)34-30(40)8-7-9-31(41)35-25(33(43)45-6)15-23-11-13-27(47-19(2)37)29(17-23)49-21(4)39/h10-13,16-17,24-25H,7-9,14-15H2,1-6H3,(H,34,40)(H,35,41)/t24-,25-/m0/s1. The van der Waals surface area contributed by atoms with Gasteiger partial charge >= 0.3 is 35.8 Å². The molecule has 16 heteroatoms. The van der Waals surface area contributed by atoms with Gasteiger partial charge < -0.3 is 39.1 Å². The summed E-state index contributed by atoms with van der Waals surface area (Å²) in [5, 5.41) is 5.11. The van der Waals surface area contributed by atoms with Crippen LogP contribution in [0.25, 0.3) is 0 Å². The first-order valence-corrected chi connectivity index (χ1v) is 14.9. The van der Waals surface area contributed by atoms with E-state index in [0.29, 0.717) is 11.1 Å². The Hall–Kier alpha value is -5.80. The predicted octanol–water partition coefficient (Wildman–Crippen LogP) is 1.66. The summed E-state index contributed by atoms with van der Waals surface area (Å²) in [6, 6.07) is 6.25. The Morgan fingerprint density at radius 1 is 0.531 bits per heavy atom. The SMILES string of the molecule is COC(=O)[C@H](Cc1ccc(OC(C)=O)c(OC(C)=O)c1)NC(=O)CCCC(=O)N[C@@H](Cc1ccc(OC(C)=O)c(OC(C)=O)c1)C(=O)OC. The van der Waals surface area contributed by atoms with Gasteiger partial charge in [0.05, 0.1) is 14.2 Å². The molecule has 0 aromatic heterocycles. The van der Waals surface area contributed by atoms with Crippen LogP contribution < -0.4 is 29.6 Å². The van der Waals surface area contributed by atoms with Crippen molar-refractivity contribution in [1.29, 1.82) is 0 Å². The van der Waals surface area contributed by atoms with Gasteiger partial charge in [-0.05, 0) is 41.8 Å². The zero-order valence-corrected chi connectivity index (χ0v) is 27.9. The smallest absolute Gasteiger partial charge is 0.328 e. The zero-order chi connectivity index (χ0) is 36.7. The molecule has 0 radical (unpaired) electrons. The van der Waals surface area contributed by atoms with Gasteiger partial charge in [0.1, 0.15) is 12.1 Å². The molecular formula is C33H38N2O14. The number of hydrogen-bond donors (Lipinski definition) is 2. The lowest BCUT2D eigenvalue weighted by molar-refractivity contribution is -0.145. The average molecular weight is 687 g/mol. The molecule has 2 aromatic rings. The highest BCUT2D eigenvalue weighted by molar-refractivity contribution is 5.86. The Morgan fingerprint density at radius 2 is 0.857 bits per heavy atom. The van der Waals surface area contributed by atoms with Crippen molar-refractivity contribution in [2.45, 2.75) is 71.9 Å². The molecule has 2 N–H and O–H groups in total. The van der Waals surface area contributed by atoms with Crippen LogP contribution in [0.1, 0.15) is 58.1 Å². The average Bonchev–Trinajstić information content (AvgIpc) is 3.01. The van der Waals surface area contributed by atoms with E-state index in [0.717, 1.165) is 28.1 Å². The van der Waals surface area contributed by atoms with Crippen LogP contribution in [-0.4, -0.2) is 73.9 Å². The van der Waals surface area contributed by atoms with Gasteiger partial charge in [-0.2, -0.15) is 0 Å². The number of methoxy groups -OCH3 is 2. The molecule has 0 bridgehead atoms. The van der Waals surface area contributed by atoms with Crippen LogP contribution >= 0.6 is 0 Å². The number of rotatable bonds is 16. The van der Waals surface area contributed by atoms with E-state index < -0.39 is 59.7 Å². The largest absolute Gasteiger partial charge is 0.467 e. The van der Waals surface area contributed by atoms with Crippen LogP contribution in [0, 0.1) is 0 Å². The van der Waals surface area contributed by atoms with Crippen LogP contribution in [0.2, 0.25) is 0 Å². The molecule has 2 rings (SSSR count). The minimum absolute atomic E-state index is 0.0123. The van der Waals surface area contributed by atoms with Crippen molar-refractivity contribution in [1.82, 2.24) is 10.6 Å². The Morgan fingerprint density at radius 3 is 1.16 bits per heavy atom. The molecule has 0 spiro atoms. The van der Waals surface area contributed by atoms with Crippen molar-refractivity contribution >= 4 is 47.6 Å². The van der Waals surface area contributed by atoms with E-state index in [1.807, 2.05) is 0 Å². The summed E-state index contributed by atoms with van der Waals surface area (Å²) in [6.07, 6.45) is -0.444. The van der Waals surface area contributed by atoms with Crippen LogP contribution in [0.3, 0.4) is 0 Å². The summed E-state index contributed by atoms with van der Waals surface area (Å²) in [5.41, 5.74) is 0.883. The second kappa shape index (κ2) is 19.1. The van der Waals surface area contributed by atoms with Gasteiger partial charge in [0, 0.05) is 53.4 Å². The van der Waals surface area contributed by atoms with Crippen molar-refractivity contribution in [3.63, 3.8) is 0 Å². The molecule has 2 aromatic carbocycles. The van der Waals surface area contributed by atoms with E-state index >= 15 is 0 Å². The van der Waals surface area contributed by atoms with Gasteiger partial charge in [-0.1, -0.05) is 12.1 Å². The third-order valence-corrected chi connectivity index (χ3v) is 6.36. The summed E-state index contributed by atoms with van der Waals surface area (Å²) in [5.74, 6) is -5.44. The van der Waals surface area contributed by atoms with Crippen LogP contribution in [-0.2, 0) is 60.7 Å². The van der Waals surface area contributed by atoms with Crippen molar-refractivity contribution in [3.8, 4) is 23.0 Å². The minimum Gasteiger partial charge on any atom is -0.467 e. The molecule has 2 amide bonds. The first-order chi connectivity index (χ1) is 23.1. The van der Waals surface area contributed by atoms with Gasteiger partial charge in [-0.3, -0.25) is 28.8 Å². The second-order valence-electron chi connectivity index (χ2n) is 10.5. The molecule has 0 aliphatic heterocycles. The number of benzene rings is 2. The summed E-state index contributed by atoms with van der Waals surface area (Å²) < 4.78 is 29.9. The second-order valence-corrected chi connectivity index (χ2v) is 10.5. The highest BCUT2D eigenvalue weighted by Crippen LogP contribution is 2.30. The minimum atomic E-state index is -1.15. The maximum atomic E-state index is 12.7. The highest BCUT2D eigenvalue weighted by Gasteiger charge is 2.25. The van der Waals surface area contributed by atoms with E-state index in [1.165, 1.54) is 50.2 Å². The molecule has 0 fully saturated rings. The molecule has 0 unspecified atom stereocenters. The van der Waals surface area contributed by atoms with Crippen molar-refractivity contribution in [2.24, 2.45) is 0 Å². The molecule has 2 atom stereocenters. The summed E-state index contributed by atoms with van der Waals surface area (Å²) in [7, 11) is 2.28. The lowest BCUT2D eigenvalue weighted by atomic mass is 10.0. The normalized spacial score (nSPS) is 11.6. The number of carbonyl (C=O) groups is 8. The molecule has 0 saturated heterocycles. The Balaban J connectivity index is 2.04. The molecular weight excluding hydrogens is 648 g/mol. The molecule has 0 heterocycles. The maximum absolute atomic E-state index is 12.7. The number of carbonyl (C=O) groups excluding carboxylic acids is 8. The Kier molecular flexibility index (Phi) is 15.4.